The van der Waals surface area contributed by atoms with E-state index in [1.54, 1.807) is 36.4 Å². The molecule has 1 amide bonds. The molecule has 0 aliphatic rings. The molecule has 0 unspecified atom stereocenters. The molecule has 0 aliphatic carbocycles. The van der Waals surface area contributed by atoms with E-state index in [1.165, 1.54) is 13.8 Å². The molecule has 2 aromatic carbocycles. The number of para-hydroxylation sites is 2. The van der Waals surface area contributed by atoms with Crippen LogP contribution in [0.3, 0.4) is 0 Å². The zero-order chi connectivity index (χ0) is 18.4. The summed E-state index contributed by atoms with van der Waals surface area (Å²) in [4.78, 5) is 23.5. The Hall–Kier alpha value is -3.02. The highest BCUT2D eigenvalue weighted by atomic mass is 16.5. The standard InChI is InChI=1S/C19H21NO5/c1-4-24-16-8-6-5-7-15(16)20-17(21)13-9-11-14(12-10-13)25-19(2,3)18(22)23/h5-12H,4H2,1-3H3,(H,20,21)(H,22,23). The molecule has 0 saturated heterocycles. The Kier molecular flexibility index (Phi) is 5.64. The largest absolute Gasteiger partial charge is 0.492 e. The maximum Gasteiger partial charge on any atom is 0.347 e. The van der Waals surface area contributed by atoms with Crippen LogP contribution in [0.25, 0.3) is 0 Å². The van der Waals surface area contributed by atoms with E-state index >= 15 is 0 Å². The lowest BCUT2D eigenvalue weighted by molar-refractivity contribution is -0.152. The lowest BCUT2D eigenvalue weighted by Crippen LogP contribution is -2.37. The number of carbonyl (C=O) groups excluding carboxylic acids is 1. The fourth-order valence-electron chi connectivity index (χ4n) is 2.06. The summed E-state index contributed by atoms with van der Waals surface area (Å²) >= 11 is 0. The summed E-state index contributed by atoms with van der Waals surface area (Å²) < 4.78 is 10.9. The number of anilines is 1. The highest BCUT2D eigenvalue weighted by Gasteiger charge is 2.29. The summed E-state index contributed by atoms with van der Waals surface area (Å²) in [6.45, 7) is 5.29. The molecule has 6 heteroatoms. The minimum Gasteiger partial charge on any atom is -0.492 e. The van der Waals surface area contributed by atoms with Gasteiger partial charge in [0.2, 0.25) is 0 Å². The van der Waals surface area contributed by atoms with E-state index < -0.39 is 11.6 Å². The third-order valence-electron chi connectivity index (χ3n) is 3.44. The highest BCUT2D eigenvalue weighted by Crippen LogP contribution is 2.25. The Bertz CT molecular complexity index is 753. The number of nitrogens with one attached hydrogen (secondary N) is 1. The van der Waals surface area contributed by atoms with E-state index in [4.69, 9.17) is 14.6 Å². The summed E-state index contributed by atoms with van der Waals surface area (Å²) in [7, 11) is 0. The van der Waals surface area contributed by atoms with E-state index in [0.29, 0.717) is 29.4 Å². The van der Waals surface area contributed by atoms with Gasteiger partial charge in [-0.1, -0.05) is 12.1 Å². The van der Waals surface area contributed by atoms with Crippen molar-refractivity contribution in [2.45, 2.75) is 26.4 Å². The predicted octanol–water partition coefficient (Wildman–Crippen LogP) is 3.58. The molecule has 6 nitrogen and oxygen atoms in total. The monoisotopic (exact) mass is 343 g/mol. The van der Waals surface area contributed by atoms with Crippen molar-refractivity contribution in [2.75, 3.05) is 11.9 Å². The number of carboxylic acids is 1. The van der Waals surface area contributed by atoms with Crippen molar-refractivity contribution < 1.29 is 24.2 Å². The van der Waals surface area contributed by atoms with Gasteiger partial charge < -0.3 is 19.9 Å². The molecule has 0 spiro atoms. The second-order valence-corrected chi connectivity index (χ2v) is 5.83. The molecule has 0 heterocycles. The third kappa shape index (κ3) is 4.73. The number of aliphatic carboxylic acids is 1. The number of amides is 1. The molecule has 2 rings (SSSR count). The first-order valence-corrected chi connectivity index (χ1v) is 7.89. The minimum absolute atomic E-state index is 0.295. The fraction of sp³-hybridized carbons (Fsp3) is 0.263. The van der Waals surface area contributed by atoms with Crippen LogP contribution in [0.2, 0.25) is 0 Å². The summed E-state index contributed by atoms with van der Waals surface area (Å²) in [5, 5.41) is 11.9. The molecule has 2 aromatic rings. The van der Waals surface area contributed by atoms with Crippen LogP contribution < -0.4 is 14.8 Å². The Morgan fingerprint density at radius 1 is 1.08 bits per heavy atom. The van der Waals surface area contributed by atoms with Crippen molar-refractivity contribution in [1.29, 1.82) is 0 Å². The Morgan fingerprint density at radius 2 is 1.72 bits per heavy atom. The van der Waals surface area contributed by atoms with Crippen LogP contribution in [0, 0.1) is 0 Å². The van der Waals surface area contributed by atoms with E-state index in [-0.39, 0.29) is 5.91 Å². The summed E-state index contributed by atoms with van der Waals surface area (Å²) in [5.74, 6) is -0.391. The van der Waals surface area contributed by atoms with Crippen LogP contribution in [0.15, 0.2) is 48.5 Å². The van der Waals surface area contributed by atoms with E-state index in [2.05, 4.69) is 5.32 Å². The second kappa shape index (κ2) is 7.70. The lowest BCUT2D eigenvalue weighted by Gasteiger charge is -2.21. The van der Waals surface area contributed by atoms with Crippen LogP contribution in [0.4, 0.5) is 5.69 Å². The molecular formula is C19H21NO5. The maximum absolute atomic E-state index is 12.4. The number of benzene rings is 2. The molecule has 0 aromatic heterocycles. The van der Waals surface area contributed by atoms with Gasteiger partial charge in [-0.15, -0.1) is 0 Å². The second-order valence-electron chi connectivity index (χ2n) is 5.83. The summed E-state index contributed by atoms with van der Waals surface area (Å²) in [5.41, 5.74) is -0.339. The van der Waals surface area contributed by atoms with Crippen LogP contribution in [-0.2, 0) is 4.79 Å². The number of rotatable bonds is 7. The van der Waals surface area contributed by atoms with Gasteiger partial charge in [-0.2, -0.15) is 0 Å². The van der Waals surface area contributed by atoms with Crippen molar-refractivity contribution in [3.05, 3.63) is 54.1 Å². The normalized spacial score (nSPS) is 10.8. The van der Waals surface area contributed by atoms with Gasteiger partial charge in [0.25, 0.3) is 5.91 Å². The van der Waals surface area contributed by atoms with Crippen molar-refractivity contribution in [2.24, 2.45) is 0 Å². The first-order valence-electron chi connectivity index (χ1n) is 7.89. The first-order chi connectivity index (χ1) is 11.8. The van der Waals surface area contributed by atoms with Gasteiger partial charge in [0, 0.05) is 5.56 Å². The van der Waals surface area contributed by atoms with Gasteiger partial charge in [-0.05, 0) is 57.2 Å². The third-order valence-corrected chi connectivity index (χ3v) is 3.44. The number of hydrogen-bond donors (Lipinski definition) is 2. The number of ether oxygens (including phenoxy) is 2. The van der Waals surface area contributed by atoms with Crippen LogP contribution in [-0.4, -0.2) is 29.2 Å². The quantitative estimate of drug-likeness (QED) is 0.803. The molecule has 0 bridgehead atoms. The molecule has 2 N–H and O–H groups in total. The van der Waals surface area contributed by atoms with Crippen molar-refractivity contribution in [3.8, 4) is 11.5 Å². The first kappa shape index (κ1) is 18.3. The van der Waals surface area contributed by atoms with E-state index in [9.17, 15) is 9.59 Å². The topological polar surface area (TPSA) is 84.9 Å². The zero-order valence-corrected chi connectivity index (χ0v) is 14.4. The molecular weight excluding hydrogens is 322 g/mol. The zero-order valence-electron chi connectivity index (χ0n) is 14.4. The molecule has 132 valence electrons. The average Bonchev–Trinajstić information content (AvgIpc) is 2.57. The summed E-state index contributed by atoms with van der Waals surface area (Å²) in [6, 6.07) is 13.5. The molecule has 0 aliphatic heterocycles. The molecule has 0 saturated carbocycles. The van der Waals surface area contributed by atoms with Gasteiger partial charge in [0.15, 0.2) is 5.60 Å². The van der Waals surface area contributed by atoms with Crippen LogP contribution >= 0.6 is 0 Å². The predicted molar refractivity (Wildman–Crippen MR) is 94.3 cm³/mol. The smallest absolute Gasteiger partial charge is 0.347 e. The maximum atomic E-state index is 12.4. The Balaban J connectivity index is 2.10. The van der Waals surface area contributed by atoms with Gasteiger partial charge in [-0.25, -0.2) is 4.79 Å². The fourth-order valence-corrected chi connectivity index (χ4v) is 2.06. The molecule has 0 radical (unpaired) electrons. The van der Waals surface area contributed by atoms with Crippen molar-refractivity contribution >= 4 is 17.6 Å². The lowest BCUT2D eigenvalue weighted by atomic mass is 10.1. The van der Waals surface area contributed by atoms with Crippen molar-refractivity contribution in [1.82, 2.24) is 0 Å². The van der Waals surface area contributed by atoms with Gasteiger partial charge >= 0.3 is 5.97 Å². The van der Waals surface area contributed by atoms with Crippen molar-refractivity contribution in [3.63, 3.8) is 0 Å². The molecule has 0 fully saturated rings. The summed E-state index contributed by atoms with van der Waals surface area (Å²) in [6.07, 6.45) is 0. The SMILES string of the molecule is CCOc1ccccc1NC(=O)c1ccc(OC(C)(C)C(=O)O)cc1. The Morgan fingerprint density at radius 3 is 2.32 bits per heavy atom. The number of carbonyl (C=O) groups is 2. The highest BCUT2D eigenvalue weighted by molar-refractivity contribution is 6.05. The van der Waals surface area contributed by atoms with Gasteiger partial charge in [0.1, 0.15) is 11.5 Å². The molecule has 25 heavy (non-hydrogen) atoms. The van der Waals surface area contributed by atoms with Crippen LogP contribution in [0.1, 0.15) is 31.1 Å². The number of carboxylic acid groups (broad SMARTS) is 1. The minimum atomic E-state index is -1.35. The average molecular weight is 343 g/mol. The van der Waals surface area contributed by atoms with Gasteiger partial charge in [0.05, 0.1) is 12.3 Å². The molecule has 0 atom stereocenters. The van der Waals surface area contributed by atoms with E-state index in [1.807, 2.05) is 19.1 Å². The Labute approximate surface area is 146 Å². The van der Waals surface area contributed by atoms with Crippen LogP contribution in [0.5, 0.6) is 11.5 Å². The van der Waals surface area contributed by atoms with Gasteiger partial charge in [-0.3, -0.25) is 4.79 Å². The van der Waals surface area contributed by atoms with E-state index in [0.717, 1.165) is 0 Å². The number of hydrogen-bond acceptors (Lipinski definition) is 4.